The zero-order valence-corrected chi connectivity index (χ0v) is 14.8. The van der Waals surface area contributed by atoms with Gasteiger partial charge in [0.25, 0.3) is 11.2 Å². The Balaban J connectivity index is 2.68. The number of nitro benzene ring substituents is 1. The Morgan fingerprint density at radius 3 is 2.58 bits per heavy atom. The molecule has 0 aliphatic rings. The Morgan fingerprint density at radius 1 is 1.38 bits per heavy atom. The van der Waals surface area contributed by atoms with E-state index in [0.717, 1.165) is 4.57 Å². The van der Waals surface area contributed by atoms with Crippen LogP contribution in [0.4, 0.5) is 11.4 Å². The number of aromatic hydroxyl groups is 1. The maximum absolute atomic E-state index is 12.3. The number of pyridine rings is 1. The molecule has 134 valence electrons. The highest BCUT2D eigenvalue weighted by Gasteiger charge is 2.19. The number of aliphatic imine (C=N–C) groups is 1. The van der Waals surface area contributed by atoms with Gasteiger partial charge in [0.1, 0.15) is 11.6 Å². The van der Waals surface area contributed by atoms with Crippen LogP contribution in [0.15, 0.2) is 28.0 Å². The second kappa shape index (κ2) is 7.19. The first-order chi connectivity index (χ1) is 12.2. The van der Waals surface area contributed by atoms with Gasteiger partial charge in [-0.1, -0.05) is 6.07 Å². The van der Waals surface area contributed by atoms with Crippen molar-refractivity contribution in [2.45, 2.75) is 33.7 Å². The van der Waals surface area contributed by atoms with Gasteiger partial charge in [-0.3, -0.25) is 24.5 Å². The van der Waals surface area contributed by atoms with Gasteiger partial charge in [-0.05, 0) is 38.8 Å². The molecule has 1 N–H and O–H groups in total. The molecule has 2 rings (SSSR count). The molecule has 0 amide bonds. The fourth-order valence-corrected chi connectivity index (χ4v) is 2.56. The molecule has 8 nitrogen and oxygen atoms in total. The van der Waals surface area contributed by atoms with Crippen molar-refractivity contribution < 1.29 is 10.0 Å². The second-order valence-corrected chi connectivity index (χ2v) is 6.10. The number of nitrogens with zero attached hydrogens (tertiary/aromatic N) is 4. The SMILES string of the molecule is Cc1ccc([N+](=O)[O-])cc1N=Cc1c(C)c(C#N)c(=O)n(C(C)C)c1O. The summed E-state index contributed by atoms with van der Waals surface area (Å²) in [5, 5.41) is 30.7. The highest BCUT2D eigenvalue weighted by Crippen LogP contribution is 2.27. The van der Waals surface area contributed by atoms with Crippen molar-refractivity contribution in [3.63, 3.8) is 0 Å². The van der Waals surface area contributed by atoms with Crippen LogP contribution in [0.25, 0.3) is 0 Å². The number of nitro groups is 1. The molecule has 0 bridgehead atoms. The number of non-ortho nitro benzene ring substituents is 1. The van der Waals surface area contributed by atoms with Crippen molar-refractivity contribution in [3.05, 3.63) is 60.9 Å². The topological polar surface area (TPSA) is 122 Å². The van der Waals surface area contributed by atoms with Gasteiger partial charge in [-0.2, -0.15) is 5.26 Å². The lowest BCUT2D eigenvalue weighted by Crippen LogP contribution is -2.26. The van der Waals surface area contributed by atoms with Crippen LogP contribution in [-0.4, -0.2) is 20.8 Å². The summed E-state index contributed by atoms with van der Waals surface area (Å²) in [6.45, 7) is 6.72. The van der Waals surface area contributed by atoms with E-state index in [1.54, 1.807) is 33.8 Å². The van der Waals surface area contributed by atoms with E-state index in [0.29, 0.717) is 16.8 Å². The Bertz CT molecular complexity index is 1010. The Kier molecular flexibility index (Phi) is 5.22. The van der Waals surface area contributed by atoms with Gasteiger partial charge < -0.3 is 5.11 Å². The van der Waals surface area contributed by atoms with Gasteiger partial charge in [0.2, 0.25) is 5.88 Å². The van der Waals surface area contributed by atoms with Crippen molar-refractivity contribution in [2.75, 3.05) is 0 Å². The van der Waals surface area contributed by atoms with Crippen LogP contribution < -0.4 is 5.56 Å². The average Bonchev–Trinajstić information content (AvgIpc) is 2.55. The smallest absolute Gasteiger partial charge is 0.271 e. The monoisotopic (exact) mass is 354 g/mol. The van der Waals surface area contributed by atoms with Crippen LogP contribution in [0.3, 0.4) is 0 Å². The molecule has 0 atom stereocenters. The van der Waals surface area contributed by atoms with Crippen molar-refractivity contribution in [1.82, 2.24) is 4.57 Å². The van der Waals surface area contributed by atoms with Gasteiger partial charge in [0.05, 0.1) is 16.2 Å². The molecule has 0 radical (unpaired) electrons. The number of nitriles is 1. The molecule has 2 aromatic rings. The quantitative estimate of drug-likeness (QED) is 0.513. The molecule has 0 spiro atoms. The Labute approximate surface area is 149 Å². The number of aromatic nitrogens is 1. The van der Waals surface area contributed by atoms with Crippen LogP contribution in [-0.2, 0) is 0 Å². The molecule has 26 heavy (non-hydrogen) atoms. The lowest BCUT2D eigenvalue weighted by Gasteiger charge is -2.16. The van der Waals surface area contributed by atoms with E-state index in [1.165, 1.54) is 18.3 Å². The molecule has 1 aromatic heterocycles. The first-order valence-corrected chi connectivity index (χ1v) is 7.86. The summed E-state index contributed by atoms with van der Waals surface area (Å²) >= 11 is 0. The van der Waals surface area contributed by atoms with Crippen LogP contribution in [0.5, 0.6) is 5.88 Å². The van der Waals surface area contributed by atoms with E-state index in [-0.39, 0.29) is 28.7 Å². The summed E-state index contributed by atoms with van der Waals surface area (Å²) in [4.78, 5) is 27.0. The molecule has 1 heterocycles. The minimum absolute atomic E-state index is 0.0753. The summed E-state index contributed by atoms with van der Waals surface area (Å²) in [6.07, 6.45) is 1.32. The summed E-state index contributed by atoms with van der Waals surface area (Å²) in [6, 6.07) is 5.78. The number of aryl methyl sites for hydroxylation is 1. The molecule has 0 aliphatic carbocycles. The number of benzene rings is 1. The summed E-state index contributed by atoms with van der Waals surface area (Å²) in [5.41, 5.74) is 0.850. The van der Waals surface area contributed by atoms with Gasteiger partial charge in [-0.25, -0.2) is 0 Å². The predicted molar refractivity (Wildman–Crippen MR) is 97.3 cm³/mol. The van der Waals surface area contributed by atoms with E-state index in [1.807, 2.05) is 6.07 Å². The van der Waals surface area contributed by atoms with Crippen LogP contribution in [0, 0.1) is 35.3 Å². The van der Waals surface area contributed by atoms with E-state index in [4.69, 9.17) is 0 Å². The third-order valence-corrected chi connectivity index (χ3v) is 4.05. The minimum Gasteiger partial charge on any atom is -0.494 e. The summed E-state index contributed by atoms with van der Waals surface area (Å²) in [5.74, 6) is -0.298. The zero-order chi connectivity index (χ0) is 19.6. The van der Waals surface area contributed by atoms with E-state index >= 15 is 0 Å². The van der Waals surface area contributed by atoms with Crippen LogP contribution >= 0.6 is 0 Å². The minimum atomic E-state index is -0.568. The highest BCUT2D eigenvalue weighted by atomic mass is 16.6. The number of hydrogen-bond acceptors (Lipinski definition) is 6. The molecular weight excluding hydrogens is 336 g/mol. The third-order valence-electron chi connectivity index (χ3n) is 4.05. The maximum Gasteiger partial charge on any atom is 0.271 e. The van der Waals surface area contributed by atoms with Crippen molar-refractivity contribution in [2.24, 2.45) is 4.99 Å². The van der Waals surface area contributed by atoms with E-state index in [9.17, 15) is 25.3 Å². The standard InChI is InChI=1S/C18H18N4O4/c1-10(2)21-17(23)14(8-19)12(4)15(18(21)24)9-20-16-7-13(22(25)26)6-5-11(16)3/h5-7,9-10,24H,1-4H3. The average molecular weight is 354 g/mol. The second-order valence-electron chi connectivity index (χ2n) is 6.10. The molecule has 0 saturated carbocycles. The van der Waals surface area contributed by atoms with E-state index in [2.05, 4.69) is 4.99 Å². The van der Waals surface area contributed by atoms with Gasteiger partial charge in [-0.15, -0.1) is 0 Å². The van der Waals surface area contributed by atoms with Gasteiger partial charge >= 0.3 is 0 Å². The highest BCUT2D eigenvalue weighted by molar-refractivity contribution is 5.87. The Hall–Kier alpha value is -3.47. The normalized spacial score (nSPS) is 11.1. The predicted octanol–water partition coefficient (Wildman–Crippen LogP) is 3.28. The first-order valence-electron chi connectivity index (χ1n) is 7.86. The van der Waals surface area contributed by atoms with Crippen LogP contribution in [0.1, 0.15) is 42.1 Å². The van der Waals surface area contributed by atoms with Crippen molar-refractivity contribution in [3.8, 4) is 11.9 Å². The number of hydrogen-bond donors (Lipinski definition) is 1. The fraction of sp³-hybridized carbons (Fsp3) is 0.278. The molecular formula is C18H18N4O4. The van der Waals surface area contributed by atoms with Gasteiger partial charge in [0.15, 0.2) is 0 Å². The number of rotatable bonds is 4. The molecule has 0 fully saturated rings. The van der Waals surface area contributed by atoms with E-state index < -0.39 is 10.5 Å². The Morgan fingerprint density at radius 2 is 2.04 bits per heavy atom. The lowest BCUT2D eigenvalue weighted by molar-refractivity contribution is -0.384. The molecule has 1 aromatic carbocycles. The molecule has 0 aliphatic heterocycles. The lowest BCUT2D eigenvalue weighted by atomic mass is 10.1. The van der Waals surface area contributed by atoms with Gasteiger partial charge in [0, 0.05) is 24.4 Å². The van der Waals surface area contributed by atoms with Crippen molar-refractivity contribution in [1.29, 1.82) is 5.26 Å². The zero-order valence-electron chi connectivity index (χ0n) is 14.8. The fourth-order valence-electron chi connectivity index (χ4n) is 2.56. The van der Waals surface area contributed by atoms with Crippen molar-refractivity contribution >= 4 is 17.6 Å². The maximum atomic E-state index is 12.3. The summed E-state index contributed by atoms with van der Waals surface area (Å²) in [7, 11) is 0. The van der Waals surface area contributed by atoms with Crippen LogP contribution in [0.2, 0.25) is 0 Å². The first kappa shape index (κ1) is 18.9. The largest absolute Gasteiger partial charge is 0.494 e. The molecule has 0 saturated heterocycles. The summed E-state index contributed by atoms with van der Waals surface area (Å²) < 4.78 is 1.12. The molecule has 8 heteroatoms. The third kappa shape index (κ3) is 3.32. The molecule has 0 unspecified atom stereocenters.